The van der Waals surface area contributed by atoms with Gasteiger partial charge in [0.25, 0.3) is 0 Å². The molecule has 0 aromatic heterocycles. The van der Waals surface area contributed by atoms with Crippen molar-refractivity contribution in [1.82, 2.24) is 5.32 Å². The zero-order chi connectivity index (χ0) is 13.2. The molecule has 1 saturated carbocycles. The molecule has 1 N–H and O–H groups in total. The van der Waals surface area contributed by atoms with E-state index in [2.05, 4.69) is 72.9 Å². The Kier molecular flexibility index (Phi) is 4.70. The van der Waals surface area contributed by atoms with Crippen molar-refractivity contribution in [1.29, 1.82) is 0 Å². The summed E-state index contributed by atoms with van der Waals surface area (Å²) in [6, 6.07) is 9.60. The quantitative estimate of drug-likeness (QED) is 0.751. The van der Waals surface area contributed by atoms with Crippen molar-refractivity contribution in [3.05, 3.63) is 33.4 Å². The van der Waals surface area contributed by atoms with Crippen molar-refractivity contribution >= 4 is 22.6 Å². The van der Waals surface area contributed by atoms with Gasteiger partial charge in [-0.25, -0.2) is 0 Å². The van der Waals surface area contributed by atoms with Crippen LogP contribution in [0.3, 0.4) is 0 Å². The van der Waals surface area contributed by atoms with Gasteiger partial charge >= 0.3 is 0 Å². The van der Waals surface area contributed by atoms with Gasteiger partial charge in [-0.15, -0.1) is 0 Å². The van der Waals surface area contributed by atoms with E-state index in [1.54, 1.807) is 0 Å². The van der Waals surface area contributed by atoms with Gasteiger partial charge in [0.2, 0.25) is 0 Å². The van der Waals surface area contributed by atoms with E-state index >= 15 is 0 Å². The summed E-state index contributed by atoms with van der Waals surface area (Å²) in [5.41, 5.74) is 1.91. The van der Waals surface area contributed by atoms with Gasteiger partial charge in [0.05, 0.1) is 0 Å². The van der Waals surface area contributed by atoms with Crippen LogP contribution in [0, 0.1) is 14.9 Å². The third-order valence-corrected chi connectivity index (χ3v) is 4.72. The third kappa shape index (κ3) is 3.95. The van der Waals surface area contributed by atoms with Crippen LogP contribution in [0.15, 0.2) is 24.3 Å². The van der Waals surface area contributed by atoms with Gasteiger partial charge in [0.1, 0.15) is 0 Å². The summed E-state index contributed by atoms with van der Waals surface area (Å²) in [5, 5.41) is 3.64. The van der Waals surface area contributed by atoms with Crippen molar-refractivity contribution in [3.63, 3.8) is 0 Å². The molecule has 1 aromatic carbocycles. The van der Waals surface area contributed by atoms with Crippen LogP contribution in [-0.4, -0.2) is 12.6 Å². The van der Waals surface area contributed by atoms with E-state index in [1.807, 2.05) is 0 Å². The first kappa shape index (κ1) is 14.3. The highest BCUT2D eigenvalue weighted by Crippen LogP contribution is 2.47. The fourth-order valence-corrected chi connectivity index (χ4v) is 3.00. The molecule has 1 nitrogen and oxygen atoms in total. The molecule has 0 aliphatic heterocycles. The molecule has 18 heavy (non-hydrogen) atoms. The van der Waals surface area contributed by atoms with Gasteiger partial charge < -0.3 is 5.32 Å². The fraction of sp³-hybridized carbons (Fsp3) is 0.625. The van der Waals surface area contributed by atoms with E-state index < -0.39 is 0 Å². The van der Waals surface area contributed by atoms with Crippen LogP contribution in [0.5, 0.6) is 0 Å². The molecule has 1 fully saturated rings. The maximum atomic E-state index is 3.64. The molecule has 2 rings (SSSR count). The monoisotopic (exact) mass is 357 g/mol. The number of hydrogen-bond acceptors (Lipinski definition) is 1. The lowest BCUT2D eigenvalue weighted by Gasteiger charge is -2.31. The van der Waals surface area contributed by atoms with Crippen LogP contribution < -0.4 is 5.32 Å². The Bertz CT molecular complexity index is 381. The van der Waals surface area contributed by atoms with E-state index in [1.165, 1.54) is 28.4 Å². The van der Waals surface area contributed by atoms with Crippen molar-refractivity contribution in [2.24, 2.45) is 11.3 Å². The largest absolute Gasteiger partial charge is 0.314 e. The first-order chi connectivity index (χ1) is 8.49. The maximum Gasteiger partial charge on any atom is 0.0130 e. The number of nitrogens with one attached hydrogen (secondary N) is 1. The number of rotatable bonds is 6. The summed E-state index contributed by atoms with van der Waals surface area (Å²) in [5.74, 6) is 0.919. The lowest BCUT2D eigenvalue weighted by atomic mass is 9.78. The molecule has 0 saturated heterocycles. The smallest absolute Gasteiger partial charge is 0.0130 e. The number of benzene rings is 1. The zero-order valence-electron chi connectivity index (χ0n) is 11.7. The van der Waals surface area contributed by atoms with Crippen LogP contribution in [0.25, 0.3) is 0 Å². The SMILES string of the molecule is CC(C)NCC(C)(Cc1ccc(I)cc1)C1CC1. The van der Waals surface area contributed by atoms with Gasteiger partial charge in [-0.2, -0.15) is 0 Å². The van der Waals surface area contributed by atoms with E-state index in [0.717, 1.165) is 12.5 Å². The molecule has 1 aromatic rings. The highest BCUT2D eigenvalue weighted by Gasteiger charge is 2.41. The van der Waals surface area contributed by atoms with Crippen LogP contribution >= 0.6 is 22.6 Å². The van der Waals surface area contributed by atoms with Crippen LogP contribution in [0.2, 0.25) is 0 Å². The lowest BCUT2D eigenvalue weighted by molar-refractivity contribution is 0.248. The fourth-order valence-electron chi connectivity index (χ4n) is 2.64. The number of halogens is 1. The zero-order valence-corrected chi connectivity index (χ0v) is 13.8. The molecule has 0 amide bonds. The Morgan fingerprint density at radius 1 is 1.28 bits per heavy atom. The van der Waals surface area contributed by atoms with Crippen LogP contribution in [0.4, 0.5) is 0 Å². The van der Waals surface area contributed by atoms with E-state index in [4.69, 9.17) is 0 Å². The average molecular weight is 357 g/mol. The molecule has 1 aliphatic carbocycles. The Balaban J connectivity index is 2.03. The first-order valence-electron chi connectivity index (χ1n) is 6.97. The van der Waals surface area contributed by atoms with Gasteiger partial charge in [-0.05, 0) is 70.9 Å². The highest BCUT2D eigenvalue weighted by atomic mass is 127. The van der Waals surface area contributed by atoms with Crippen LogP contribution in [0.1, 0.15) is 39.2 Å². The summed E-state index contributed by atoms with van der Waals surface area (Å²) in [7, 11) is 0. The minimum absolute atomic E-state index is 0.428. The van der Waals surface area contributed by atoms with Gasteiger partial charge in [0.15, 0.2) is 0 Å². The topological polar surface area (TPSA) is 12.0 Å². The number of hydrogen-bond donors (Lipinski definition) is 1. The normalized spacial score (nSPS) is 18.9. The molecule has 1 unspecified atom stereocenters. The lowest BCUT2D eigenvalue weighted by Crippen LogP contribution is -2.38. The maximum absolute atomic E-state index is 3.64. The van der Waals surface area contributed by atoms with Crippen molar-refractivity contribution in [2.45, 2.75) is 46.1 Å². The Labute approximate surface area is 125 Å². The molecule has 2 heteroatoms. The predicted octanol–water partition coefficient (Wildman–Crippen LogP) is 4.25. The molecule has 0 radical (unpaired) electrons. The standard InChI is InChI=1S/C16H24IN/c1-12(2)18-11-16(3,14-6-7-14)10-13-4-8-15(17)9-5-13/h4-5,8-9,12,14,18H,6-7,10-11H2,1-3H3. The minimum Gasteiger partial charge on any atom is -0.314 e. The highest BCUT2D eigenvalue weighted by molar-refractivity contribution is 14.1. The predicted molar refractivity (Wildman–Crippen MR) is 86.8 cm³/mol. The summed E-state index contributed by atoms with van der Waals surface area (Å²) < 4.78 is 1.32. The van der Waals surface area contributed by atoms with E-state index in [-0.39, 0.29) is 0 Å². The van der Waals surface area contributed by atoms with Crippen molar-refractivity contribution < 1.29 is 0 Å². The van der Waals surface area contributed by atoms with Crippen molar-refractivity contribution in [2.75, 3.05) is 6.54 Å². The summed E-state index contributed by atoms with van der Waals surface area (Å²) in [6.45, 7) is 8.07. The molecule has 0 spiro atoms. The Morgan fingerprint density at radius 2 is 1.89 bits per heavy atom. The summed E-state index contributed by atoms with van der Waals surface area (Å²) in [4.78, 5) is 0. The Hall–Kier alpha value is -0.0900. The molecule has 0 heterocycles. The van der Waals surface area contributed by atoms with Crippen molar-refractivity contribution in [3.8, 4) is 0 Å². The van der Waals surface area contributed by atoms with Crippen LogP contribution in [-0.2, 0) is 6.42 Å². The van der Waals surface area contributed by atoms with Gasteiger partial charge in [-0.3, -0.25) is 0 Å². The molecular formula is C16H24IN. The van der Waals surface area contributed by atoms with E-state index in [0.29, 0.717) is 11.5 Å². The third-order valence-electron chi connectivity index (χ3n) is 4.00. The van der Waals surface area contributed by atoms with Gasteiger partial charge in [-0.1, -0.05) is 32.9 Å². The minimum atomic E-state index is 0.428. The van der Waals surface area contributed by atoms with E-state index in [9.17, 15) is 0 Å². The second-order valence-electron chi connectivity index (χ2n) is 6.27. The second-order valence-corrected chi connectivity index (χ2v) is 7.51. The Morgan fingerprint density at radius 3 is 2.39 bits per heavy atom. The molecule has 1 aliphatic rings. The summed E-state index contributed by atoms with van der Waals surface area (Å²) >= 11 is 2.37. The average Bonchev–Trinajstić information content (AvgIpc) is 3.14. The first-order valence-corrected chi connectivity index (χ1v) is 8.05. The molecule has 0 bridgehead atoms. The second kappa shape index (κ2) is 5.91. The van der Waals surface area contributed by atoms with Gasteiger partial charge in [0, 0.05) is 16.2 Å². The molecular weight excluding hydrogens is 333 g/mol. The molecule has 1 atom stereocenters. The summed E-state index contributed by atoms with van der Waals surface area (Å²) in [6.07, 6.45) is 4.04. The molecule has 100 valence electrons.